The van der Waals surface area contributed by atoms with E-state index in [1.54, 1.807) is 0 Å². The molecule has 0 fully saturated rings. The lowest BCUT2D eigenvalue weighted by Gasteiger charge is -2.22. The van der Waals surface area contributed by atoms with Gasteiger partial charge in [0.2, 0.25) is 0 Å². The van der Waals surface area contributed by atoms with Gasteiger partial charge in [0, 0.05) is 37.5 Å². The van der Waals surface area contributed by atoms with Crippen LogP contribution in [0.5, 0.6) is 0 Å². The first kappa shape index (κ1) is 36.3. The Kier molecular flexibility index (Phi) is 7.92. The van der Waals surface area contributed by atoms with Gasteiger partial charge in [-0.15, -0.1) is 11.3 Å². The summed E-state index contributed by atoms with van der Waals surface area (Å²) in [6.07, 6.45) is 2.02. The Balaban J connectivity index is 1.02. The van der Waals surface area contributed by atoms with Crippen molar-refractivity contribution in [3.05, 3.63) is 225 Å². The van der Waals surface area contributed by atoms with Crippen LogP contribution in [0.4, 0.5) is 0 Å². The molecule has 0 aliphatic carbocycles. The Morgan fingerprint density at radius 3 is 1.12 bits per heavy atom. The molecule has 0 saturated heterocycles. The van der Waals surface area contributed by atoms with E-state index < -0.39 is 0 Å². The average molecular weight is 840 g/mol. The van der Waals surface area contributed by atoms with Crippen LogP contribution in [0.15, 0.2) is 225 Å². The fraction of sp³-hybridized carbons (Fsp3) is 0. The lowest BCUT2D eigenvalue weighted by atomic mass is 9.81. The molecular weight excluding hydrogens is 803 g/mol. The van der Waals surface area contributed by atoms with Gasteiger partial charge >= 0.3 is 0 Å². The first-order valence-electron chi connectivity index (χ1n) is 22.4. The smallest absolute Gasteiger partial charge is 0.0714 e. The van der Waals surface area contributed by atoms with Crippen LogP contribution in [0.3, 0.4) is 0 Å². The number of benzene rings is 12. The van der Waals surface area contributed by atoms with Crippen LogP contribution in [0, 0.1) is 0 Å². The molecule has 300 valence electrons. The second-order valence-electron chi connectivity index (χ2n) is 17.3. The largest absolute Gasteiger partial charge is 0.256 e. The third kappa shape index (κ3) is 5.42. The molecule has 14 aromatic rings. The summed E-state index contributed by atoms with van der Waals surface area (Å²) in [7, 11) is 0. The number of hydrogen-bond acceptors (Lipinski definition) is 2. The molecule has 0 spiro atoms. The van der Waals surface area contributed by atoms with Crippen molar-refractivity contribution in [1.82, 2.24) is 4.98 Å². The molecule has 0 amide bonds. The Bertz CT molecular complexity index is 4160. The first-order valence-corrected chi connectivity index (χ1v) is 23.2. The summed E-state index contributed by atoms with van der Waals surface area (Å²) in [5.74, 6) is 0. The fourth-order valence-corrected chi connectivity index (χ4v) is 12.2. The van der Waals surface area contributed by atoms with Crippen LogP contribution in [0.2, 0.25) is 0 Å². The molecule has 14 rings (SSSR count). The predicted octanol–water partition coefficient (Wildman–Crippen LogP) is 18.2. The highest BCUT2D eigenvalue weighted by Crippen LogP contribution is 2.51. The van der Waals surface area contributed by atoms with E-state index in [0.29, 0.717) is 0 Å². The molecule has 1 nitrogen and oxygen atoms in total. The number of pyridine rings is 1. The van der Waals surface area contributed by atoms with E-state index in [-0.39, 0.29) is 0 Å². The second-order valence-corrected chi connectivity index (χ2v) is 18.4. The van der Waals surface area contributed by atoms with E-state index in [4.69, 9.17) is 4.98 Å². The van der Waals surface area contributed by atoms with Gasteiger partial charge in [0.1, 0.15) is 0 Å². The molecule has 0 saturated carbocycles. The van der Waals surface area contributed by atoms with Crippen molar-refractivity contribution in [3.8, 4) is 44.6 Å². The molecule has 65 heavy (non-hydrogen) atoms. The highest BCUT2D eigenvalue weighted by Gasteiger charge is 2.23. The van der Waals surface area contributed by atoms with Crippen LogP contribution in [0.1, 0.15) is 0 Å². The summed E-state index contributed by atoms with van der Waals surface area (Å²) in [6.45, 7) is 0. The van der Waals surface area contributed by atoms with Crippen LogP contribution >= 0.6 is 11.3 Å². The maximum Gasteiger partial charge on any atom is 0.0714 e. The van der Waals surface area contributed by atoms with Crippen LogP contribution in [-0.4, -0.2) is 4.98 Å². The van der Waals surface area contributed by atoms with Gasteiger partial charge in [-0.2, -0.15) is 0 Å². The van der Waals surface area contributed by atoms with Crippen molar-refractivity contribution in [1.29, 1.82) is 0 Å². The van der Waals surface area contributed by atoms with Gasteiger partial charge in [0.15, 0.2) is 0 Å². The second kappa shape index (κ2) is 14.2. The van der Waals surface area contributed by atoms with Crippen LogP contribution < -0.4 is 0 Å². The van der Waals surface area contributed by atoms with E-state index in [2.05, 4.69) is 218 Å². The Morgan fingerprint density at radius 1 is 0.231 bits per heavy atom. The third-order valence-corrected chi connectivity index (χ3v) is 15.0. The van der Waals surface area contributed by atoms with E-state index in [9.17, 15) is 0 Å². The maximum absolute atomic E-state index is 5.15. The molecule has 0 aliphatic rings. The zero-order valence-electron chi connectivity index (χ0n) is 35.2. The van der Waals surface area contributed by atoms with Gasteiger partial charge in [-0.25, -0.2) is 0 Å². The molecule has 0 radical (unpaired) electrons. The molecule has 0 N–H and O–H groups in total. The topological polar surface area (TPSA) is 12.9 Å². The van der Waals surface area contributed by atoms with Crippen molar-refractivity contribution in [2.45, 2.75) is 0 Å². The number of aromatic nitrogens is 1. The predicted molar refractivity (Wildman–Crippen MR) is 281 cm³/mol. The fourth-order valence-electron chi connectivity index (χ4n) is 11.1. The summed E-state index contributed by atoms with van der Waals surface area (Å²) in [5.41, 5.74) is 9.43. The van der Waals surface area contributed by atoms with E-state index in [0.717, 1.165) is 16.8 Å². The molecule has 0 aliphatic heterocycles. The molecule has 0 bridgehead atoms. The molecule has 2 heteroatoms. The molecule has 0 atom stereocenters. The van der Waals surface area contributed by atoms with E-state index >= 15 is 0 Å². The SMILES string of the molecule is c1ccc(-c2ccc(-c3c4ccccc4c(-c4c5ccccc5c(-c5ccc6sc7cc8c9ccccc9c9ccccc9c8cc7c6c5)c5ccccc45)c4ccccc34)nc2)cc1. The molecule has 12 aromatic carbocycles. The summed E-state index contributed by atoms with van der Waals surface area (Å²) >= 11 is 1.90. The lowest BCUT2D eigenvalue weighted by molar-refractivity contribution is 1.34. The number of fused-ring (bicyclic) bond motifs is 13. The number of hydrogen-bond donors (Lipinski definition) is 0. The number of nitrogens with zero attached hydrogens (tertiary/aromatic N) is 1. The van der Waals surface area contributed by atoms with Crippen molar-refractivity contribution >= 4 is 107 Å². The number of thiophene rings is 1. The zero-order valence-corrected chi connectivity index (χ0v) is 36.0. The van der Waals surface area contributed by atoms with Crippen LogP contribution in [0.25, 0.3) is 140 Å². The minimum Gasteiger partial charge on any atom is -0.256 e. The maximum atomic E-state index is 5.15. The van der Waals surface area contributed by atoms with Gasteiger partial charge in [0.25, 0.3) is 0 Å². The van der Waals surface area contributed by atoms with Crippen molar-refractivity contribution in [2.75, 3.05) is 0 Å². The standard InChI is InChI=1S/C63H37NS/c1-2-16-38(17-3-1)40-30-32-57(64-37-40)61-47-24-10-14-28-51(47)63(52-29-15-11-25-48(52)61)62-49-26-12-8-22-45(49)60(46-23-9-13-27-50(46)62)39-31-33-58-55(34-39)56-35-53-43-20-6-4-18-41(43)42-19-5-7-21-44(42)54(53)36-59(56)65-58/h1-37H. The summed E-state index contributed by atoms with van der Waals surface area (Å²) < 4.78 is 2.62. The van der Waals surface area contributed by atoms with Crippen molar-refractivity contribution < 1.29 is 0 Å². The molecule has 2 heterocycles. The Hall–Kier alpha value is -8.17. The highest BCUT2D eigenvalue weighted by atomic mass is 32.1. The molecule has 0 unspecified atom stereocenters. The minimum absolute atomic E-state index is 0.972. The third-order valence-electron chi connectivity index (χ3n) is 13.9. The van der Waals surface area contributed by atoms with Gasteiger partial charge < -0.3 is 0 Å². The zero-order chi connectivity index (χ0) is 42.6. The van der Waals surface area contributed by atoms with Crippen molar-refractivity contribution in [2.24, 2.45) is 0 Å². The lowest BCUT2D eigenvalue weighted by Crippen LogP contribution is -1.95. The van der Waals surface area contributed by atoms with E-state index in [1.165, 1.54) is 123 Å². The van der Waals surface area contributed by atoms with Crippen LogP contribution in [-0.2, 0) is 0 Å². The first-order chi connectivity index (χ1) is 32.3. The highest BCUT2D eigenvalue weighted by molar-refractivity contribution is 7.25. The van der Waals surface area contributed by atoms with Gasteiger partial charge in [-0.1, -0.05) is 188 Å². The van der Waals surface area contributed by atoms with Gasteiger partial charge in [-0.05, 0) is 134 Å². The summed E-state index contributed by atoms with van der Waals surface area (Å²) in [5, 5.41) is 20.3. The van der Waals surface area contributed by atoms with Gasteiger partial charge in [0.05, 0.1) is 5.69 Å². The van der Waals surface area contributed by atoms with E-state index in [1.807, 2.05) is 17.5 Å². The molecule has 2 aromatic heterocycles. The summed E-state index contributed by atoms with van der Waals surface area (Å²) in [6, 6.07) is 80.8. The molecular formula is C63H37NS. The monoisotopic (exact) mass is 839 g/mol. The van der Waals surface area contributed by atoms with Crippen molar-refractivity contribution in [3.63, 3.8) is 0 Å². The van der Waals surface area contributed by atoms with Gasteiger partial charge in [-0.3, -0.25) is 4.98 Å². The normalized spacial score (nSPS) is 12.0. The Morgan fingerprint density at radius 2 is 0.631 bits per heavy atom. The number of rotatable bonds is 4. The quantitative estimate of drug-likeness (QED) is 0.127. The Labute approximate surface area is 379 Å². The minimum atomic E-state index is 0.972. The average Bonchev–Trinajstić information content (AvgIpc) is 3.74. The summed E-state index contributed by atoms with van der Waals surface area (Å²) in [4.78, 5) is 5.15.